The summed E-state index contributed by atoms with van der Waals surface area (Å²) in [5, 5.41) is 13.0. The van der Waals surface area contributed by atoms with Crippen molar-refractivity contribution in [2.24, 2.45) is 0 Å². The van der Waals surface area contributed by atoms with Crippen molar-refractivity contribution < 1.29 is 29.0 Å². The zero-order chi connectivity index (χ0) is 25.6. The predicted molar refractivity (Wildman–Crippen MR) is 136 cm³/mol. The minimum Gasteiger partial charge on any atom is -0.508 e. The lowest BCUT2D eigenvalue weighted by molar-refractivity contribution is -0.155. The van der Waals surface area contributed by atoms with Gasteiger partial charge in [0.15, 0.2) is 0 Å². The number of fused-ring (bicyclic) bond motifs is 1. The first-order valence-corrected chi connectivity index (χ1v) is 12.4. The molecule has 2 aromatic carbocycles. The Morgan fingerprint density at radius 2 is 1.86 bits per heavy atom. The number of benzene rings is 2. The van der Waals surface area contributed by atoms with Crippen LogP contribution in [0, 0.1) is 0 Å². The van der Waals surface area contributed by atoms with Crippen LogP contribution < -0.4 is 0 Å². The minimum atomic E-state index is -0.694. The quantitative estimate of drug-likeness (QED) is 0.308. The second-order valence-electron chi connectivity index (χ2n) is 9.27. The maximum absolute atomic E-state index is 13.6. The van der Waals surface area contributed by atoms with Crippen molar-refractivity contribution in [2.75, 3.05) is 13.2 Å². The number of unbranched alkanes of at least 4 members (excludes halogenated alkanes) is 1. The standard InChI is InChI=1S/C27H31NO6S/c1-5-6-12-33-26(32)23-13-18(17-35-23)15-28(16-24(30)34-27(2,3)4)25(31)22-9-7-8-19-14-20(29)10-11-21(19)22/h7-11,13-14,17,29H,5-6,12,15-16H2,1-4H3. The fourth-order valence-electron chi connectivity index (χ4n) is 3.52. The number of rotatable bonds is 9. The largest absolute Gasteiger partial charge is 0.508 e. The Balaban J connectivity index is 1.87. The van der Waals surface area contributed by atoms with Gasteiger partial charge in [0.1, 0.15) is 22.8 Å². The number of phenols is 1. The van der Waals surface area contributed by atoms with E-state index in [9.17, 15) is 19.5 Å². The molecule has 1 heterocycles. The molecular formula is C27H31NO6S. The summed E-state index contributed by atoms with van der Waals surface area (Å²) in [7, 11) is 0. The molecule has 35 heavy (non-hydrogen) atoms. The van der Waals surface area contributed by atoms with E-state index in [2.05, 4.69) is 0 Å². The number of hydrogen-bond acceptors (Lipinski definition) is 7. The number of esters is 2. The summed E-state index contributed by atoms with van der Waals surface area (Å²) in [5.74, 6) is -1.18. The Morgan fingerprint density at radius 1 is 1.09 bits per heavy atom. The number of ether oxygens (including phenoxy) is 2. The topological polar surface area (TPSA) is 93.1 Å². The summed E-state index contributed by atoms with van der Waals surface area (Å²) in [6, 6.07) is 11.7. The predicted octanol–water partition coefficient (Wildman–Crippen LogP) is 5.55. The summed E-state index contributed by atoms with van der Waals surface area (Å²) in [5.41, 5.74) is 0.424. The van der Waals surface area contributed by atoms with E-state index in [1.54, 1.807) is 62.5 Å². The fourth-order valence-corrected chi connectivity index (χ4v) is 4.32. The molecule has 3 aromatic rings. The van der Waals surface area contributed by atoms with Crippen LogP contribution in [0.25, 0.3) is 10.8 Å². The molecule has 1 aromatic heterocycles. The summed E-state index contributed by atoms with van der Waals surface area (Å²) in [4.78, 5) is 40.4. The molecule has 0 saturated carbocycles. The third kappa shape index (κ3) is 7.29. The van der Waals surface area contributed by atoms with Crippen LogP contribution in [0.15, 0.2) is 47.8 Å². The number of thiophene rings is 1. The zero-order valence-corrected chi connectivity index (χ0v) is 21.3. The summed E-state index contributed by atoms with van der Waals surface area (Å²) < 4.78 is 10.7. The number of phenolic OH excluding ortho intramolecular Hbond substituents is 1. The number of hydrogen-bond donors (Lipinski definition) is 1. The number of carbonyl (C=O) groups is 3. The van der Waals surface area contributed by atoms with Crippen LogP contribution in [-0.4, -0.2) is 46.6 Å². The third-order valence-electron chi connectivity index (χ3n) is 5.08. The van der Waals surface area contributed by atoms with E-state index >= 15 is 0 Å². The van der Waals surface area contributed by atoms with E-state index in [4.69, 9.17) is 9.47 Å². The van der Waals surface area contributed by atoms with Gasteiger partial charge in [-0.05, 0) is 79.2 Å². The normalized spacial score (nSPS) is 11.3. The van der Waals surface area contributed by atoms with Crippen molar-refractivity contribution in [1.82, 2.24) is 4.90 Å². The Labute approximate surface area is 209 Å². The highest BCUT2D eigenvalue weighted by Crippen LogP contribution is 2.26. The molecule has 0 aliphatic carbocycles. The lowest BCUT2D eigenvalue weighted by Gasteiger charge is -2.25. The fraction of sp³-hybridized carbons (Fsp3) is 0.370. The second-order valence-corrected chi connectivity index (χ2v) is 10.2. The van der Waals surface area contributed by atoms with Crippen LogP contribution in [0.4, 0.5) is 0 Å². The molecular weight excluding hydrogens is 466 g/mol. The average Bonchev–Trinajstić information content (AvgIpc) is 3.25. The molecule has 3 rings (SSSR count). The molecule has 7 nitrogen and oxygen atoms in total. The van der Waals surface area contributed by atoms with Crippen molar-refractivity contribution >= 4 is 40.0 Å². The molecule has 0 radical (unpaired) electrons. The van der Waals surface area contributed by atoms with E-state index in [-0.39, 0.29) is 24.7 Å². The van der Waals surface area contributed by atoms with Crippen molar-refractivity contribution in [3.05, 3.63) is 63.8 Å². The maximum atomic E-state index is 13.6. The lowest BCUT2D eigenvalue weighted by Crippen LogP contribution is -2.38. The van der Waals surface area contributed by atoms with Crippen LogP contribution in [0.3, 0.4) is 0 Å². The molecule has 1 amide bonds. The van der Waals surface area contributed by atoms with Gasteiger partial charge in [-0.3, -0.25) is 9.59 Å². The number of amides is 1. The molecule has 1 N–H and O–H groups in total. The van der Waals surface area contributed by atoms with Crippen molar-refractivity contribution in [3.8, 4) is 5.75 Å². The monoisotopic (exact) mass is 497 g/mol. The first kappa shape index (κ1) is 26.2. The van der Waals surface area contributed by atoms with Crippen molar-refractivity contribution in [1.29, 1.82) is 0 Å². The molecule has 0 saturated heterocycles. The van der Waals surface area contributed by atoms with Gasteiger partial charge >= 0.3 is 11.9 Å². The van der Waals surface area contributed by atoms with Gasteiger partial charge in [0.2, 0.25) is 0 Å². The SMILES string of the molecule is CCCCOC(=O)c1cc(CN(CC(=O)OC(C)(C)C)C(=O)c2cccc3cc(O)ccc23)cs1. The molecule has 0 atom stereocenters. The van der Waals surface area contributed by atoms with Gasteiger partial charge in [0.25, 0.3) is 5.91 Å². The maximum Gasteiger partial charge on any atom is 0.348 e. The van der Waals surface area contributed by atoms with Crippen LogP contribution in [0.2, 0.25) is 0 Å². The Hall–Kier alpha value is -3.39. The first-order chi connectivity index (χ1) is 16.6. The Morgan fingerprint density at radius 3 is 2.57 bits per heavy atom. The third-order valence-corrected chi connectivity index (χ3v) is 6.04. The van der Waals surface area contributed by atoms with Crippen LogP contribution in [0.5, 0.6) is 5.75 Å². The van der Waals surface area contributed by atoms with Crippen LogP contribution in [0.1, 0.15) is 66.1 Å². The van der Waals surface area contributed by atoms with Crippen molar-refractivity contribution in [2.45, 2.75) is 52.7 Å². The van der Waals surface area contributed by atoms with E-state index < -0.39 is 17.5 Å². The number of aromatic hydroxyl groups is 1. The van der Waals surface area contributed by atoms with E-state index in [1.807, 2.05) is 6.92 Å². The van der Waals surface area contributed by atoms with Crippen LogP contribution >= 0.6 is 11.3 Å². The molecule has 0 spiro atoms. The van der Waals surface area contributed by atoms with Gasteiger partial charge < -0.3 is 19.5 Å². The smallest absolute Gasteiger partial charge is 0.348 e. The van der Waals surface area contributed by atoms with Gasteiger partial charge in [-0.2, -0.15) is 0 Å². The van der Waals surface area contributed by atoms with Gasteiger partial charge in [0.05, 0.1) is 6.61 Å². The number of carbonyl (C=O) groups excluding carboxylic acids is 3. The van der Waals surface area contributed by atoms with Gasteiger partial charge in [-0.25, -0.2) is 4.79 Å². The molecule has 0 bridgehead atoms. The highest BCUT2D eigenvalue weighted by Gasteiger charge is 2.25. The highest BCUT2D eigenvalue weighted by molar-refractivity contribution is 7.12. The molecule has 0 aliphatic rings. The van der Waals surface area contributed by atoms with Gasteiger partial charge in [-0.15, -0.1) is 11.3 Å². The molecule has 0 aliphatic heterocycles. The summed E-state index contributed by atoms with van der Waals surface area (Å²) >= 11 is 1.24. The average molecular weight is 498 g/mol. The second kappa shape index (κ2) is 11.4. The highest BCUT2D eigenvalue weighted by atomic mass is 32.1. The Kier molecular flexibility index (Phi) is 8.51. The van der Waals surface area contributed by atoms with E-state index in [1.165, 1.54) is 22.3 Å². The van der Waals surface area contributed by atoms with E-state index in [0.29, 0.717) is 33.4 Å². The lowest BCUT2D eigenvalue weighted by atomic mass is 10.0. The van der Waals surface area contributed by atoms with Crippen LogP contribution in [-0.2, 0) is 20.8 Å². The molecule has 186 valence electrons. The molecule has 8 heteroatoms. The van der Waals surface area contributed by atoms with E-state index in [0.717, 1.165) is 12.8 Å². The minimum absolute atomic E-state index is 0.101. The first-order valence-electron chi connectivity index (χ1n) is 11.5. The Bertz CT molecular complexity index is 1210. The van der Waals surface area contributed by atoms with Crippen molar-refractivity contribution in [3.63, 3.8) is 0 Å². The molecule has 0 fully saturated rings. The van der Waals surface area contributed by atoms with Gasteiger partial charge in [-0.1, -0.05) is 25.5 Å². The summed E-state index contributed by atoms with van der Waals surface area (Å²) in [6.07, 6.45) is 1.73. The molecule has 0 unspecified atom stereocenters. The zero-order valence-electron chi connectivity index (χ0n) is 20.5. The summed E-state index contributed by atoms with van der Waals surface area (Å²) in [6.45, 7) is 7.55. The van der Waals surface area contributed by atoms with Gasteiger partial charge in [0, 0.05) is 12.1 Å². The number of nitrogens with zero attached hydrogens (tertiary/aromatic N) is 1.